The van der Waals surface area contributed by atoms with Gasteiger partial charge in [0.2, 0.25) is 5.60 Å². The highest BCUT2D eigenvalue weighted by Gasteiger charge is 2.49. The molecule has 6 nitrogen and oxygen atoms in total. The van der Waals surface area contributed by atoms with Crippen LogP contribution in [0, 0.1) is 5.92 Å². The van der Waals surface area contributed by atoms with Gasteiger partial charge in [0, 0.05) is 17.4 Å². The van der Waals surface area contributed by atoms with Crippen molar-refractivity contribution in [2.75, 3.05) is 6.61 Å². The van der Waals surface area contributed by atoms with Gasteiger partial charge in [-0.2, -0.15) is 0 Å². The second-order valence-corrected chi connectivity index (χ2v) is 12.9. The van der Waals surface area contributed by atoms with Crippen LogP contribution in [0.1, 0.15) is 108 Å². The van der Waals surface area contributed by atoms with Gasteiger partial charge in [-0.1, -0.05) is 61.7 Å². The smallest absolute Gasteiger partial charge is 0.356 e. The van der Waals surface area contributed by atoms with E-state index in [1.807, 2.05) is 36.4 Å². The molecule has 2 aromatic rings. The number of carbonyl (C=O) groups excluding carboxylic acids is 2. The Labute approximate surface area is 250 Å². The first-order chi connectivity index (χ1) is 20.2. The number of rotatable bonds is 11. The molecule has 1 heterocycles. The molecule has 2 aromatic carbocycles. The number of ether oxygens (including phenoxy) is 4. The quantitative estimate of drug-likeness (QED) is 0.117. The summed E-state index contributed by atoms with van der Waals surface area (Å²) in [5, 5.41) is 0. The number of hydrogen-bond donors (Lipinski definition) is 0. The summed E-state index contributed by atoms with van der Waals surface area (Å²) in [6.07, 6.45) is 11.1. The van der Waals surface area contributed by atoms with Crippen LogP contribution >= 0.6 is 0 Å². The molecule has 0 amide bonds. The lowest BCUT2D eigenvalue weighted by Crippen LogP contribution is -2.46. The van der Waals surface area contributed by atoms with Crippen LogP contribution in [0.25, 0.3) is 0 Å². The predicted octanol–water partition coefficient (Wildman–Crippen LogP) is 8.01. The molecule has 0 bridgehead atoms. The summed E-state index contributed by atoms with van der Waals surface area (Å²) < 4.78 is 24.5. The molecule has 1 fully saturated rings. The van der Waals surface area contributed by atoms with Gasteiger partial charge in [-0.3, -0.25) is 0 Å². The molecule has 1 aliphatic heterocycles. The minimum atomic E-state index is -1.30. The van der Waals surface area contributed by atoms with Gasteiger partial charge < -0.3 is 18.9 Å². The minimum Gasteiger partial charge on any atom is -0.487 e. The Hall–Kier alpha value is -3.12. The maximum atomic E-state index is 14.0. The van der Waals surface area contributed by atoms with Crippen LogP contribution in [-0.2, 0) is 32.1 Å². The number of aryl methyl sites for hydroxylation is 1. The summed E-state index contributed by atoms with van der Waals surface area (Å²) >= 11 is 0. The van der Waals surface area contributed by atoms with E-state index in [9.17, 15) is 9.59 Å². The van der Waals surface area contributed by atoms with Gasteiger partial charge in [0.1, 0.15) is 23.7 Å². The van der Waals surface area contributed by atoms with Gasteiger partial charge in [-0.05, 0) is 95.4 Å². The third kappa shape index (κ3) is 6.75. The van der Waals surface area contributed by atoms with Crippen molar-refractivity contribution in [3.63, 3.8) is 0 Å². The first kappa shape index (κ1) is 30.3. The Morgan fingerprint density at radius 3 is 2.52 bits per heavy atom. The van der Waals surface area contributed by atoms with Gasteiger partial charge >= 0.3 is 11.9 Å². The maximum Gasteiger partial charge on any atom is 0.356 e. The second-order valence-electron chi connectivity index (χ2n) is 12.9. The van der Waals surface area contributed by atoms with Crippen LogP contribution in [0.4, 0.5) is 0 Å². The summed E-state index contributed by atoms with van der Waals surface area (Å²) in [6.45, 7) is 8.79. The van der Waals surface area contributed by atoms with E-state index >= 15 is 0 Å². The fourth-order valence-electron chi connectivity index (χ4n) is 6.93. The van der Waals surface area contributed by atoms with Crippen LogP contribution in [0.2, 0.25) is 0 Å². The van der Waals surface area contributed by atoms with Crippen molar-refractivity contribution >= 4 is 11.9 Å². The zero-order valence-corrected chi connectivity index (χ0v) is 25.7. The highest BCUT2D eigenvalue weighted by Crippen LogP contribution is 2.54. The average molecular weight is 575 g/mol. The number of carbonyl (C=O) groups is 2. The number of allylic oxidation sites excluding steroid dienone is 2. The number of benzene rings is 2. The highest BCUT2D eigenvalue weighted by molar-refractivity contribution is 5.86. The molecule has 2 atom stereocenters. The van der Waals surface area contributed by atoms with Crippen molar-refractivity contribution in [3.05, 3.63) is 70.8 Å². The largest absolute Gasteiger partial charge is 0.487 e. The Kier molecular flexibility index (Phi) is 9.41. The normalized spacial score (nSPS) is 21.9. The van der Waals surface area contributed by atoms with Gasteiger partial charge in [-0.15, -0.1) is 0 Å². The molecule has 1 unspecified atom stereocenters. The van der Waals surface area contributed by atoms with Crippen LogP contribution in [-0.4, -0.2) is 29.7 Å². The molecule has 0 aromatic heterocycles. The van der Waals surface area contributed by atoms with Crippen LogP contribution in [0.15, 0.2) is 54.1 Å². The summed E-state index contributed by atoms with van der Waals surface area (Å²) in [5.74, 6) is 0.674. The molecule has 0 radical (unpaired) electrons. The van der Waals surface area contributed by atoms with E-state index in [0.717, 1.165) is 73.8 Å². The molecule has 3 aliphatic rings. The lowest BCUT2D eigenvalue weighted by Gasteiger charge is -2.46. The van der Waals surface area contributed by atoms with Crippen molar-refractivity contribution < 1.29 is 28.5 Å². The Balaban J connectivity index is 1.39. The molecule has 5 rings (SSSR count). The minimum absolute atomic E-state index is 0.0958. The number of unbranched alkanes of at least 4 members (excludes halogenated alkanes) is 2. The molecule has 42 heavy (non-hydrogen) atoms. The van der Waals surface area contributed by atoms with E-state index in [1.54, 1.807) is 0 Å². The van der Waals surface area contributed by atoms with Crippen molar-refractivity contribution in [2.45, 2.75) is 116 Å². The molecule has 0 saturated heterocycles. The van der Waals surface area contributed by atoms with Crippen molar-refractivity contribution in [1.29, 1.82) is 0 Å². The summed E-state index contributed by atoms with van der Waals surface area (Å²) in [4.78, 5) is 26.9. The molecule has 226 valence electrons. The van der Waals surface area contributed by atoms with Gasteiger partial charge in [0.15, 0.2) is 0 Å². The number of hydrogen-bond acceptors (Lipinski definition) is 6. The lowest BCUT2D eigenvalue weighted by atomic mass is 9.68. The molecule has 6 heteroatoms. The fourth-order valence-corrected chi connectivity index (χ4v) is 6.93. The van der Waals surface area contributed by atoms with Gasteiger partial charge in [0.05, 0.1) is 6.61 Å². The van der Waals surface area contributed by atoms with Gasteiger partial charge in [0.25, 0.3) is 0 Å². The van der Waals surface area contributed by atoms with Crippen LogP contribution in [0.5, 0.6) is 11.5 Å². The van der Waals surface area contributed by atoms with Crippen molar-refractivity contribution in [2.24, 2.45) is 5.92 Å². The zero-order valence-electron chi connectivity index (χ0n) is 25.7. The monoisotopic (exact) mass is 574 g/mol. The van der Waals surface area contributed by atoms with Crippen molar-refractivity contribution in [3.8, 4) is 11.5 Å². The third-order valence-electron chi connectivity index (χ3n) is 9.21. The maximum absolute atomic E-state index is 14.0. The van der Waals surface area contributed by atoms with Crippen LogP contribution in [0.3, 0.4) is 0 Å². The molecule has 2 aliphatic carbocycles. The molecule has 0 N–H and O–H groups in total. The van der Waals surface area contributed by atoms with E-state index < -0.39 is 17.5 Å². The number of fused-ring (bicyclic) bond motifs is 3. The average Bonchev–Trinajstić information content (AvgIpc) is 3.42. The van der Waals surface area contributed by atoms with E-state index in [0.29, 0.717) is 25.2 Å². The molecule has 0 spiro atoms. The molecule has 1 saturated carbocycles. The predicted molar refractivity (Wildman–Crippen MR) is 163 cm³/mol. The van der Waals surface area contributed by atoms with E-state index in [2.05, 4.69) is 39.8 Å². The first-order valence-electron chi connectivity index (χ1n) is 15.8. The SMILES string of the molecule is CCCCCc1cc(OC(=O)C2(OC(=O)COCc3ccccc3)CCCC2)c2c(c1)OC(C)(C)[C@@H]1CCC(C)=CC21. The van der Waals surface area contributed by atoms with E-state index in [1.165, 1.54) is 5.57 Å². The zero-order chi connectivity index (χ0) is 29.7. The Morgan fingerprint density at radius 1 is 1.02 bits per heavy atom. The van der Waals surface area contributed by atoms with E-state index in [4.69, 9.17) is 18.9 Å². The Bertz CT molecular complexity index is 1290. The van der Waals surface area contributed by atoms with Crippen molar-refractivity contribution in [1.82, 2.24) is 0 Å². The molecular weight excluding hydrogens is 528 g/mol. The summed E-state index contributed by atoms with van der Waals surface area (Å²) in [7, 11) is 0. The summed E-state index contributed by atoms with van der Waals surface area (Å²) in [5.41, 5.74) is 2.73. The standard InChI is InChI=1S/C36H46O6/c1-5-6-8-15-27-21-30(33-28-20-25(2)16-17-29(28)35(3,4)41-31(33)22-27)40-34(38)36(18-11-12-19-36)42-32(37)24-39-23-26-13-9-7-10-14-26/h7,9-10,13-14,20-22,28-29H,5-6,8,11-12,15-19,23-24H2,1-4H3/t28?,29-/m1/s1. The highest BCUT2D eigenvalue weighted by atomic mass is 16.6. The third-order valence-corrected chi connectivity index (χ3v) is 9.21. The van der Waals surface area contributed by atoms with Crippen LogP contribution < -0.4 is 9.47 Å². The second kappa shape index (κ2) is 13.0. The van der Waals surface area contributed by atoms with Gasteiger partial charge in [-0.25, -0.2) is 9.59 Å². The first-order valence-corrected chi connectivity index (χ1v) is 15.8. The van der Waals surface area contributed by atoms with E-state index in [-0.39, 0.29) is 24.0 Å². The lowest BCUT2D eigenvalue weighted by molar-refractivity contribution is -0.179. The Morgan fingerprint density at radius 2 is 1.79 bits per heavy atom. The summed E-state index contributed by atoms with van der Waals surface area (Å²) in [6, 6.07) is 13.8. The molecular formula is C36H46O6. The number of esters is 2. The topological polar surface area (TPSA) is 71.1 Å². The fraction of sp³-hybridized carbons (Fsp3) is 0.556.